The average Bonchev–Trinajstić information content (AvgIpc) is 3.20. The molecule has 1 atom stereocenters. The molecule has 0 bridgehead atoms. The summed E-state index contributed by atoms with van der Waals surface area (Å²) >= 11 is 0. The van der Waals surface area contributed by atoms with Crippen LogP contribution in [0.1, 0.15) is 0 Å². The predicted molar refractivity (Wildman–Crippen MR) is 220 cm³/mol. The van der Waals surface area contributed by atoms with Gasteiger partial charge in [0.2, 0.25) is 0 Å². The second kappa shape index (κ2) is 12.7. The molecule has 3 heterocycles. The van der Waals surface area contributed by atoms with E-state index in [-0.39, 0.29) is 0 Å². The summed E-state index contributed by atoms with van der Waals surface area (Å²) in [5, 5.41) is 9.83. The van der Waals surface area contributed by atoms with Gasteiger partial charge in [0.05, 0.1) is 0 Å². The number of rotatable bonds is 2. The molecule has 8 aromatic rings. The van der Waals surface area contributed by atoms with E-state index >= 15 is 0 Å². The Morgan fingerprint density at radius 3 is 1.80 bits per heavy atom. The summed E-state index contributed by atoms with van der Waals surface area (Å²) in [7, 11) is 0.629. The number of benzene rings is 6. The van der Waals surface area contributed by atoms with Crippen molar-refractivity contribution < 1.29 is 0 Å². The molecule has 0 N–H and O–H groups in total. The second-order valence-corrected chi connectivity index (χ2v) is 19.2. The number of nitrogens with zero attached hydrogens (tertiary/aromatic N) is 6. The fourth-order valence-electron chi connectivity index (χ4n) is 7.75. The first kappa shape index (κ1) is 31.4. The summed E-state index contributed by atoms with van der Waals surface area (Å²) in [6.07, 6.45) is 7.17. The minimum atomic E-state index is -2.77. The van der Waals surface area contributed by atoms with Crippen molar-refractivity contribution in [2.75, 3.05) is 30.6 Å². The fourth-order valence-corrected chi connectivity index (χ4v) is 14.6. The SMILES string of the molecule is CN1c2ccccc2P(c2ccccc2)c2cc3cncnc3cc2N(C)c2cc3ncncc3cc2[PH](C)(c2ccccc2)c2ccccc21. The summed E-state index contributed by atoms with van der Waals surface area (Å²) in [5.41, 5.74) is 6.46. The van der Waals surface area contributed by atoms with E-state index in [0.29, 0.717) is 0 Å². The van der Waals surface area contributed by atoms with Gasteiger partial charge >= 0.3 is 301 Å². The maximum atomic E-state index is 4.78. The van der Waals surface area contributed by atoms with Crippen LogP contribution < -0.4 is 41.6 Å². The Morgan fingerprint density at radius 2 is 1.08 bits per heavy atom. The van der Waals surface area contributed by atoms with Crippen LogP contribution in [0.15, 0.2) is 159 Å². The predicted octanol–water partition coefficient (Wildman–Crippen LogP) is 6.84. The van der Waals surface area contributed by atoms with E-state index in [1.54, 1.807) is 12.7 Å². The third kappa shape index (κ3) is 5.17. The van der Waals surface area contributed by atoms with Gasteiger partial charge in [-0.2, -0.15) is 0 Å². The van der Waals surface area contributed by atoms with Crippen molar-refractivity contribution in [3.8, 4) is 0 Å². The van der Waals surface area contributed by atoms with Crippen molar-refractivity contribution in [1.29, 1.82) is 0 Å². The number of hydrogen-bond donors (Lipinski definition) is 0. The standard InChI is InChI=1S/C43H36N6P2/c1-48-36-18-10-12-20-40(36)50(32-14-6-4-7-15-32)41-22-30-26-44-28-46-34(30)24-38(41)49(2)39-25-35-31(27-45-29-47-35)23-43(39)51(3,33-16-8-5-9-17-33)42-21-13-11-19-37(42)48/h4-29,51H,1-3H3. The Balaban J connectivity index is 1.48. The molecule has 2 aromatic heterocycles. The summed E-state index contributed by atoms with van der Waals surface area (Å²) in [5.74, 6) is 0. The van der Waals surface area contributed by atoms with Crippen LogP contribution in [0.2, 0.25) is 0 Å². The van der Waals surface area contributed by atoms with Gasteiger partial charge in [-0.1, -0.05) is 0 Å². The van der Waals surface area contributed by atoms with Gasteiger partial charge in [-0.05, 0) is 0 Å². The van der Waals surface area contributed by atoms with Gasteiger partial charge in [-0.3, -0.25) is 0 Å². The molecule has 0 fully saturated rings. The van der Waals surface area contributed by atoms with Crippen LogP contribution in [0, 0.1) is 0 Å². The van der Waals surface area contributed by atoms with Crippen LogP contribution in [0.5, 0.6) is 0 Å². The Labute approximate surface area is 299 Å². The molecule has 51 heavy (non-hydrogen) atoms. The van der Waals surface area contributed by atoms with Gasteiger partial charge in [-0.25, -0.2) is 0 Å². The third-order valence-electron chi connectivity index (χ3n) is 10.4. The molecule has 0 spiro atoms. The minimum absolute atomic E-state index is 0.911. The Morgan fingerprint density at radius 1 is 0.510 bits per heavy atom. The number of anilines is 4. The van der Waals surface area contributed by atoms with Crippen molar-refractivity contribution in [2.24, 2.45) is 0 Å². The topological polar surface area (TPSA) is 58.0 Å². The van der Waals surface area contributed by atoms with E-state index in [1.165, 1.54) is 43.2 Å². The molecule has 0 radical (unpaired) electrons. The van der Waals surface area contributed by atoms with Crippen molar-refractivity contribution in [2.45, 2.75) is 0 Å². The number of aromatic nitrogens is 4. The maximum absolute atomic E-state index is 4.78. The van der Waals surface area contributed by atoms with E-state index in [1.807, 2.05) is 12.4 Å². The molecule has 6 aromatic carbocycles. The van der Waals surface area contributed by atoms with Crippen LogP contribution in [-0.2, 0) is 0 Å². The first-order valence-corrected chi connectivity index (χ1v) is 20.9. The van der Waals surface area contributed by atoms with E-state index in [2.05, 4.69) is 174 Å². The summed E-state index contributed by atoms with van der Waals surface area (Å²) in [6.45, 7) is 2.50. The van der Waals surface area contributed by atoms with Gasteiger partial charge in [0.25, 0.3) is 0 Å². The molecule has 8 heteroatoms. The summed E-state index contributed by atoms with van der Waals surface area (Å²) < 4.78 is 0. The molecule has 1 unspecified atom stereocenters. The Bertz CT molecular complexity index is 2560. The molecule has 6 nitrogen and oxygen atoms in total. The van der Waals surface area contributed by atoms with Gasteiger partial charge in [-0.15, -0.1) is 0 Å². The monoisotopic (exact) mass is 698 g/mol. The van der Waals surface area contributed by atoms with Gasteiger partial charge in [0.15, 0.2) is 0 Å². The molecule has 1 aliphatic heterocycles. The van der Waals surface area contributed by atoms with Crippen LogP contribution in [-0.4, -0.2) is 40.7 Å². The molecule has 9 rings (SSSR count). The normalized spacial score (nSPS) is 15.9. The van der Waals surface area contributed by atoms with E-state index in [0.717, 1.165) is 33.2 Å². The van der Waals surface area contributed by atoms with Crippen molar-refractivity contribution >= 4 is 91.6 Å². The molecular weight excluding hydrogens is 662 g/mol. The number of fused-ring (bicyclic) bond motifs is 6. The first-order valence-electron chi connectivity index (χ1n) is 17.1. The number of para-hydroxylation sites is 2. The Kier molecular flexibility index (Phi) is 7.80. The Hall–Kier alpha value is -5.54. The molecule has 0 amide bonds. The molecule has 0 saturated heterocycles. The third-order valence-corrected chi connectivity index (χ3v) is 17.4. The number of hydrogen-bond acceptors (Lipinski definition) is 6. The van der Waals surface area contributed by atoms with Crippen molar-refractivity contribution in [1.82, 2.24) is 19.9 Å². The zero-order chi connectivity index (χ0) is 34.5. The fraction of sp³-hybridized carbons (Fsp3) is 0.0698. The summed E-state index contributed by atoms with van der Waals surface area (Å²) in [6, 6.07) is 49.2. The van der Waals surface area contributed by atoms with Crippen molar-refractivity contribution in [3.63, 3.8) is 0 Å². The van der Waals surface area contributed by atoms with E-state index in [4.69, 9.17) is 9.97 Å². The average molecular weight is 699 g/mol. The zero-order valence-electron chi connectivity index (χ0n) is 28.6. The summed E-state index contributed by atoms with van der Waals surface area (Å²) in [4.78, 5) is 23.3. The molecule has 1 aliphatic rings. The molecule has 0 aliphatic carbocycles. The van der Waals surface area contributed by atoms with E-state index < -0.39 is 15.2 Å². The quantitative estimate of drug-likeness (QED) is 0.185. The van der Waals surface area contributed by atoms with Crippen LogP contribution >= 0.6 is 15.2 Å². The van der Waals surface area contributed by atoms with Crippen LogP contribution in [0.25, 0.3) is 21.8 Å². The molecule has 0 saturated carbocycles. The van der Waals surface area contributed by atoms with Gasteiger partial charge in [0, 0.05) is 0 Å². The van der Waals surface area contributed by atoms with Gasteiger partial charge < -0.3 is 0 Å². The van der Waals surface area contributed by atoms with Gasteiger partial charge in [0.1, 0.15) is 0 Å². The zero-order valence-corrected chi connectivity index (χ0v) is 30.5. The van der Waals surface area contributed by atoms with Crippen molar-refractivity contribution in [3.05, 3.63) is 159 Å². The second-order valence-electron chi connectivity index (χ2n) is 13.2. The van der Waals surface area contributed by atoms with Crippen LogP contribution in [0.3, 0.4) is 0 Å². The first-order chi connectivity index (χ1) is 25.0. The molecule has 248 valence electrons. The van der Waals surface area contributed by atoms with Crippen LogP contribution in [0.4, 0.5) is 22.7 Å². The van der Waals surface area contributed by atoms with E-state index in [9.17, 15) is 0 Å². The molecular formula is C43H36N6P2.